The predicted octanol–water partition coefficient (Wildman–Crippen LogP) is 2.36. The van der Waals surface area contributed by atoms with Gasteiger partial charge in [-0.2, -0.15) is 14.6 Å². The molecule has 182 valence electrons. The molecule has 11 nitrogen and oxygen atoms in total. The van der Waals surface area contributed by atoms with Crippen LogP contribution in [0.4, 0.5) is 16.3 Å². The average Bonchev–Trinajstić information content (AvgIpc) is 3.42. The summed E-state index contributed by atoms with van der Waals surface area (Å²) in [5.41, 5.74) is 5.94. The third-order valence-corrected chi connectivity index (χ3v) is 5.53. The lowest BCUT2D eigenvalue weighted by Crippen LogP contribution is -2.31. The van der Waals surface area contributed by atoms with Gasteiger partial charge in [0.2, 0.25) is 11.9 Å². The highest BCUT2D eigenvalue weighted by Crippen LogP contribution is 2.26. The Morgan fingerprint density at radius 2 is 1.91 bits per heavy atom. The Balaban J connectivity index is 0.000000161. The van der Waals surface area contributed by atoms with Gasteiger partial charge in [0.1, 0.15) is 12.2 Å². The van der Waals surface area contributed by atoms with E-state index in [4.69, 9.17) is 10.5 Å². The molecular formula is C22H30FN9O2. The molecule has 0 aliphatic carbocycles. The Kier molecular flexibility index (Phi) is 6.51. The van der Waals surface area contributed by atoms with E-state index in [0.29, 0.717) is 23.1 Å². The minimum Gasteiger partial charge on any atom is -0.494 e. The molecule has 5 rings (SSSR count). The van der Waals surface area contributed by atoms with Gasteiger partial charge < -0.3 is 20.5 Å². The monoisotopic (exact) mass is 471 g/mol. The van der Waals surface area contributed by atoms with Crippen molar-refractivity contribution in [3.8, 4) is 5.75 Å². The van der Waals surface area contributed by atoms with Crippen molar-refractivity contribution in [1.82, 2.24) is 34.3 Å². The molecule has 1 aliphatic heterocycles. The van der Waals surface area contributed by atoms with Crippen molar-refractivity contribution in [3.63, 3.8) is 0 Å². The van der Waals surface area contributed by atoms with E-state index in [-0.39, 0.29) is 11.7 Å². The van der Waals surface area contributed by atoms with E-state index >= 15 is 0 Å². The van der Waals surface area contributed by atoms with Gasteiger partial charge in [0, 0.05) is 24.5 Å². The van der Waals surface area contributed by atoms with Crippen molar-refractivity contribution in [3.05, 3.63) is 30.1 Å². The first-order chi connectivity index (χ1) is 16.2. The average molecular weight is 472 g/mol. The van der Waals surface area contributed by atoms with E-state index in [1.54, 1.807) is 18.5 Å². The van der Waals surface area contributed by atoms with Crippen molar-refractivity contribution in [2.45, 2.75) is 52.2 Å². The lowest BCUT2D eigenvalue weighted by Gasteiger charge is -2.25. The Morgan fingerprint density at radius 3 is 2.59 bits per heavy atom. The number of aliphatic hydroxyl groups is 1. The quantitative estimate of drug-likeness (QED) is 0.460. The Morgan fingerprint density at radius 1 is 1.18 bits per heavy atom. The predicted molar refractivity (Wildman–Crippen MR) is 126 cm³/mol. The second kappa shape index (κ2) is 9.37. The number of methoxy groups -OCH3 is 1. The summed E-state index contributed by atoms with van der Waals surface area (Å²) < 4.78 is 21.7. The normalized spacial score (nSPS) is 14.4. The first kappa shape index (κ1) is 23.6. The fourth-order valence-corrected chi connectivity index (χ4v) is 3.88. The number of ether oxygens (including phenoxy) is 1. The number of anilines is 2. The smallest absolute Gasteiger partial charge is 0.244 e. The van der Waals surface area contributed by atoms with Crippen molar-refractivity contribution in [2.24, 2.45) is 0 Å². The second-order valence-corrected chi connectivity index (χ2v) is 8.95. The summed E-state index contributed by atoms with van der Waals surface area (Å²) in [5.74, 6) is 1.52. The molecule has 0 saturated carbocycles. The van der Waals surface area contributed by atoms with Gasteiger partial charge in [-0.25, -0.2) is 19.0 Å². The number of hydrogen-bond acceptors (Lipinski definition) is 9. The SMILES string of the molecule is COc1cc2nc(N)n3ncnc3c2cc1F.Cc1nc(N2CCCCC2)nn1CC(C)(C)O. The number of piperidine rings is 1. The molecule has 12 heteroatoms. The summed E-state index contributed by atoms with van der Waals surface area (Å²) in [6, 6.07) is 2.79. The van der Waals surface area contributed by atoms with Crippen molar-refractivity contribution >= 4 is 28.4 Å². The van der Waals surface area contributed by atoms with Crippen LogP contribution in [0.2, 0.25) is 0 Å². The number of nitrogen functional groups attached to an aromatic ring is 1. The van der Waals surface area contributed by atoms with E-state index in [0.717, 1.165) is 24.9 Å². The highest BCUT2D eigenvalue weighted by Gasteiger charge is 2.20. The summed E-state index contributed by atoms with van der Waals surface area (Å²) >= 11 is 0. The second-order valence-electron chi connectivity index (χ2n) is 8.95. The molecule has 3 aromatic heterocycles. The van der Waals surface area contributed by atoms with Crippen LogP contribution in [0.1, 0.15) is 38.9 Å². The molecule has 3 N–H and O–H groups in total. The summed E-state index contributed by atoms with van der Waals surface area (Å²) in [5, 5.41) is 18.7. The van der Waals surface area contributed by atoms with Crippen LogP contribution >= 0.6 is 0 Å². The van der Waals surface area contributed by atoms with Crippen LogP contribution in [-0.4, -0.2) is 65.3 Å². The molecule has 34 heavy (non-hydrogen) atoms. The number of halogens is 1. The van der Waals surface area contributed by atoms with Crippen LogP contribution in [0.5, 0.6) is 5.75 Å². The zero-order chi connectivity index (χ0) is 24.5. The van der Waals surface area contributed by atoms with Gasteiger partial charge >= 0.3 is 0 Å². The number of nitrogens with zero attached hydrogens (tertiary/aromatic N) is 8. The summed E-state index contributed by atoms with van der Waals surface area (Å²) in [6.45, 7) is 8.09. The Hall–Kier alpha value is -3.54. The molecule has 1 saturated heterocycles. The van der Waals surface area contributed by atoms with E-state index in [2.05, 4.69) is 30.0 Å². The van der Waals surface area contributed by atoms with E-state index < -0.39 is 11.4 Å². The molecule has 0 unspecified atom stereocenters. The number of rotatable bonds is 4. The highest BCUT2D eigenvalue weighted by molar-refractivity contribution is 5.93. The molecule has 4 aromatic rings. The van der Waals surface area contributed by atoms with Gasteiger partial charge in [-0.3, -0.25) is 0 Å². The van der Waals surface area contributed by atoms with E-state index in [9.17, 15) is 9.50 Å². The van der Waals surface area contributed by atoms with Gasteiger partial charge in [0.15, 0.2) is 17.2 Å². The summed E-state index contributed by atoms with van der Waals surface area (Å²) in [7, 11) is 1.39. The number of aromatic nitrogens is 7. The lowest BCUT2D eigenvalue weighted by molar-refractivity contribution is 0.0569. The van der Waals surface area contributed by atoms with Crippen LogP contribution in [0, 0.1) is 12.7 Å². The minimum atomic E-state index is -0.752. The molecule has 0 bridgehead atoms. The fourth-order valence-electron chi connectivity index (χ4n) is 3.88. The van der Waals surface area contributed by atoms with Crippen LogP contribution in [0.25, 0.3) is 16.6 Å². The number of fused-ring (bicyclic) bond motifs is 3. The molecule has 1 aromatic carbocycles. The van der Waals surface area contributed by atoms with Crippen molar-refractivity contribution < 1.29 is 14.2 Å². The zero-order valence-electron chi connectivity index (χ0n) is 19.9. The van der Waals surface area contributed by atoms with Gasteiger partial charge in [0.25, 0.3) is 0 Å². The van der Waals surface area contributed by atoms with Crippen molar-refractivity contribution in [2.75, 3.05) is 30.8 Å². The van der Waals surface area contributed by atoms with Crippen molar-refractivity contribution in [1.29, 1.82) is 0 Å². The van der Waals surface area contributed by atoms with E-state index in [1.807, 2.05) is 6.92 Å². The number of benzene rings is 1. The number of nitrogens with two attached hydrogens (primary N) is 1. The Bertz CT molecular complexity index is 1290. The van der Waals surface area contributed by atoms with Crippen LogP contribution in [0.15, 0.2) is 18.5 Å². The van der Waals surface area contributed by atoms with E-state index in [1.165, 1.54) is 49.3 Å². The number of hydrogen-bond donors (Lipinski definition) is 2. The summed E-state index contributed by atoms with van der Waals surface area (Å²) in [4.78, 5) is 14.9. The molecule has 0 radical (unpaired) electrons. The minimum absolute atomic E-state index is 0.119. The third kappa shape index (κ3) is 5.01. The maximum absolute atomic E-state index is 13.6. The maximum Gasteiger partial charge on any atom is 0.244 e. The zero-order valence-corrected chi connectivity index (χ0v) is 19.9. The lowest BCUT2D eigenvalue weighted by atomic mass is 10.1. The number of aryl methyl sites for hydroxylation is 1. The van der Waals surface area contributed by atoms with Crippen LogP contribution < -0.4 is 15.4 Å². The Labute approximate surface area is 196 Å². The van der Waals surface area contributed by atoms with Gasteiger partial charge in [-0.05, 0) is 46.1 Å². The molecule has 0 spiro atoms. The molecule has 0 atom stereocenters. The maximum atomic E-state index is 13.6. The van der Waals surface area contributed by atoms with Gasteiger partial charge in [-0.1, -0.05) is 0 Å². The molecule has 4 heterocycles. The first-order valence-corrected chi connectivity index (χ1v) is 11.2. The standard InChI is InChI=1S/C12H22N4O.C10H8FN5O/c1-10-13-11(15-7-5-4-6-8-15)14-16(10)9-12(2,3)17;1-17-8-3-7-5(2-6(8)11)9-13-4-14-16(9)10(12)15-7/h17H,4-9H2,1-3H3;2-4H,1H3,(H2,12,15). The molecule has 0 amide bonds. The molecular weight excluding hydrogens is 441 g/mol. The first-order valence-electron chi connectivity index (χ1n) is 11.2. The molecule has 1 fully saturated rings. The van der Waals surface area contributed by atoms with Crippen LogP contribution in [0.3, 0.4) is 0 Å². The highest BCUT2D eigenvalue weighted by atomic mass is 19.1. The topological polar surface area (TPSA) is 133 Å². The largest absolute Gasteiger partial charge is 0.494 e. The van der Waals surface area contributed by atoms with Crippen LogP contribution in [-0.2, 0) is 6.54 Å². The van der Waals surface area contributed by atoms with Gasteiger partial charge in [-0.15, -0.1) is 5.10 Å². The summed E-state index contributed by atoms with van der Waals surface area (Å²) in [6.07, 6.45) is 5.09. The molecule has 1 aliphatic rings. The fraction of sp³-hybridized carbons (Fsp3) is 0.500. The van der Waals surface area contributed by atoms with Gasteiger partial charge in [0.05, 0.1) is 24.8 Å². The third-order valence-electron chi connectivity index (χ3n) is 5.53.